The minimum Gasteiger partial charge on any atom is -0.504 e. The molecule has 2 N–H and O–H groups in total. The highest BCUT2D eigenvalue weighted by molar-refractivity contribution is 14.1. The molecule has 0 atom stereocenters. The summed E-state index contributed by atoms with van der Waals surface area (Å²) in [6.07, 6.45) is 0. The van der Waals surface area contributed by atoms with Crippen LogP contribution < -0.4 is 10.1 Å². The van der Waals surface area contributed by atoms with Gasteiger partial charge in [-0.1, -0.05) is 24.3 Å². The highest BCUT2D eigenvalue weighted by Crippen LogP contribution is 2.30. The van der Waals surface area contributed by atoms with Crippen molar-refractivity contribution in [3.63, 3.8) is 0 Å². The van der Waals surface area contributed by atoms with Gasteiger partial charge in [-0.05, 0) is 40.8 Å². The van der Waals surface area contributed by atoms with Crippen LogP contribution in [-0.2, 0) is 6.54 Å². The Morgan fingerprint density at radius 3 is 2.67 bits per heavy atom. The Hall–Kier alpha value is -1.43. The molecule has 0 heterocycles. The number of aromatic hydroxyl groups is 1. The van der Waals surface area contributed by atoms with Gasteiger partial charge in [0.2, 0.25) is 0 Å². The molecule has 0 aliphatic carbocycles. The number of para-hydroxylation sites is 2. The molecule has 18 heavy (non-hydrogen) atoms. The predicted molar refractivity (Wildman–Crippen MR) is 81.1 cm³/mol. The maximum absolute atomic E-state index is 9.97. The quantitative estimate of drug-likeness (QED) is 0.824. The van der Waals surface area contributed by atoms with E-state index in [-0.39, 0.29) is 5.75 Å². The van der Waals surface area contributed by atoms with Crippen LogP contribution in [0.1, 0.15) is 5.56 Å². The number of halogens is 1. The van der Waals surface area contributed by atoms with Gasteiger partial charge in [0.1, 0.15) is 0 Å². The first-order valence-electron chi connectivity index (χ1n) is 5.55. The number of hydrogen-bond donors (Lipinski definition) is 2. The van der Waals surface area contributed by atoms with Crippen LogP contribution in [0.4, 0.5) is 5.69 Å². The number of nitrogens with one attached hydrogen (secondary N) is 1. The Morgan fingerprint density at radius 1 is 1.17 bits per heavy atom. The number of hydrogen-bond acceptors (Lipinski definition) is 3. The summed E-state index contributed by atoms with van der Waals surface area (Å²) in [6.45, 7) is 0.559. The molecule has 2 aromatic rings. The maximum atomic E-state index is 9.97. The summed E-state index contributed by atoms with van der Waals surface area (Å²) >= 11 is 2.28. The Balaban J connectivity index is 2.14. The van der Waals surface area contributed by atoms with Crippen molar-refractivity contribution < 1.29 is 9.84 Å². The summed E-state index contributed by atoms with van der Waals surface area (Å²) in [6, 6.07) is 13.5. The van der Waals surface area contributed by atoms with Crippen LogP contribution in [0.3, 0.4) is 0 Å². The lowest BCUT2D eigenvalue weighted by Gasteiger charge is -2.11. The summed E-state index contributed by atoms with van der Waals surface area (Å²) in [5.41, 5.74) is 1.87. The van der Waals surface area contributed by atoms with E-state index in [1.165, 1.54) is 0 Å². The van der Waals surface area contributed by atoms with Crippen molar-refractivity contribution in [3.05, 3.63) is 51.6 Å². The predicted octanol–water partition coefficient (Wildman–Crippen LogP) is 3.62. The van der Waals surface area contributed by atoms with E-state index in [2.05, 4.69) is 27.9 Å². The monoisotopic (exact) mass is 355 g/mol. The van der Waals surface area contributed by atoms with E-state index in [4.69, 9.17) is 4.74 Å². The van der Waals surface area contributed by atoms with Crippen LogP contribution >= 0.6 is 22.6 Å². The molecule has 2 aromatic carbocycles. The van der Waals surface area contributed by atoms with Gasteiger partial charge >= 0.3 is 0 Å². The van der Waals surface area contributed by atoms with E-state index in [9.17, 15) is 5.11 Å². The fourth-order valence-electron chi connectivity index (χ4n) is 1.67. The van der Waals surface area contributed by atoms with E-state index in [1.54, 1.807) is 13.2 Å². The van der Waals surface area contributed by atoms with Crippen molar-refractivity contribution in [1.82, 2.24) is 0 Å². The summed E-state index contributed by atoms with van der Waals surface area (Å²) in [7, 11) is 1.55. The zero-order chi connectivity index (χ0) is 13.0. The van der Waals surface area contributed by atoms with Crippen LogP contribution in [0.2, 0.25) is 0 Å². The molecule has 0 saturated heterocycles. The van der Waals surface area contributed by atoms with Crippen molar-refractivity contribution in [2.24, 2.45) is 0 Å². The molecular weight excluding hydrogens is 341 g/mol. The molecule has 2 rings (SSSR count). The average molecular weight is 355 g/mol. The van der Waals surface area contributed by atoms with Crippen molar-refractivity contribution in [2.75, 3.05) is 12.4 Å². The third-order valence-corrected chi connectivity index (χ3v) is 3.59. The molecule has 0 aliphatic rings. The van der Waals surface area contributed by atoms with Gasteiger partial charge in [0.15, 0.2) is 11.5 Å². The van der Waals surface area contributed by atoms with E-state index in [0.717, 1.165) is 14.8 Å². The lowest BCUT2D eigenvalue weighted by atomic mass is 10.2. The third-order valence-electron chi connectivity index (χ3n) is 2.65. The van der Waals surface area contributed by atoms with Gasteiger partial charge in [-0.25, -0.2) is 0 Å². The zero-order valence-corrected chi connectivity index (χ0v) is 12.1. The fraction of sp³-hybridized carbons (Fsp3) is 0.143. The fourth-order valence-corrected chi connectivity index (χ4v) is 2.25. The lowest BCUT2D eigenvalue weighted by Crippen LogP contribution is -2.01. The number of ether oxygens (including phenoxy) is 1. The summed E-state index contributed by atoms with van der Waals surface area (Å²) < 4.78 is 6.23. The van der Waals surface area contributed by atoms with Gasteiger partial charge < -0.3 is 15.2 Å². The Kier molecular flexibility index (Phi) is 4.30. The second kappa shape index (κ2) is 5.95. The molecule has 94 valence electrons. The first-order chi connectivity index (χ1) is 8.72. The highest BCUT2D eigenvalue weighted by atomic mass is 127. The molecule has 0 aliphatic heterocycles. The van der Waals surface area contributed by atoms with Crippen molar-refractivity contribution in [3.8, 4) is 11.5 Å². The number of phenolic OH excluding ortho intramolecular Hbond substituents is 1. The van der Waals surface area contributed by atoms with Crippen LogP contribution in [0.25, 0.3) is 0 Å². The van der Waals surface area contributed by atoms with Gasteiger partial charge in [0.05, 0.1) is 7.11 Å². The van der Waals surface area contributed by atoms with Crippen molar-refractivity contribution in [2.45, 2.75) is 6.54 Å². The highest BCUT2D eigenvalue weighted by Gasteiger charge is 2.07. The summed E-state index contributed by atoms with van der Waals surface area (Å²) in [4.78, 5) is 0. The van der Waals surface area contributed by atoms with Gasteiger partial charge in [-0.3, -0.25) is 0 Å². The number of methoxy groups -OCH3 is 1. The maximum Gasteiger partial charge on any atom is 0.162 e. The van der Waals surface area contributed by atoms with Gasteiger partial charge in [-0.2, -0.15) is 0 Å². The standard InChI is InChI=1S/C14H14INO2/c1-18-13-8-4-5-10(14(13)17)9-16-12-7-3-2-6-11(12)15/h2-8,16-17H,9H2,1H3. The largest absolute Gasteiger partial charge is 0.504 e. The average Bonchev–Trinajstić information content (AvgIpc) is 2.39. The minimum absolute atomic E-state index is 0.193. The first-order valence-corrected chi connectivity index (χ1v) is 6.63. The Bertz CT molecular complexity index is 543. The molecule has 0 fully saturated rings. The smallest absolute Gasteiger partial charge is 0.162 e. The van der Waals surface area contributed by atoms with E-state index >= 15 is 0 Å². The molecule has 4 heteroatoms. The van der Waals surface area contributed by atoms with Gasteiger partial charge in [-0.15, -0.1) is 0 Å². The van der Waals surface area contributed by atoms with Crippen molar-refractivity contribution >= 4 is 28.3 Å². The van der Waals surface area contributed by atoms with E-state index < -0.39 is 0 Å². The Morgan fingerprint density at radius 2 is 1.94 bits per heavy atom. The molecule has 3 nitrogen and oxygen atoms in total. The molecule has 0 saturated carbocycles. The lowest BCUT2D eigenvalue weighted by molar-refractivity contribution is 0.371. The molecule has 0 radical (unpaired) electrons. The van der Waals surface area contributed by atoms with Crippen LogP contribution in [0.15, 0.2) is 42.5 Å². The van der Waals surface area contributed by atoms with Crippen LogP contribution in [0.5, 0.6) is 11.5 Å². The molecule has 0 amide bonds. The zero-order valence-electron chi connectivity index (χ0n) is 9.98. The second-order valence-electron chi connectivity index (χ2n) is 3.80. The molecule has 0 spiro atoms. The normalized spacial score (nSPS) is 10.1. The Labute approximate surface area is 120 Å². The summed E-state index contributed by atoms with van der Waals surface area (Å²) in [5, 5.41) is 13.3. The molecular formula is C14H14INO2. The van der Waals surface area contributed by atoms with E-state index in [0.29, 0.717) is 12.3 Å². The second-order valence-corrected chi connectivity index (χ2v) is 4.96. The molecule has 0 unspecified atom stereocenters. The molecule has 0 aromatic heterocycles. The van der Waals surface area contributed by atoms with Crippen LogP contribution in [-0.4, -0.2) is 12.2 Å². The van der Waals surface area contributed by atoms with E-state index in [1.807, 2.05) is 36.4 Å². The van der Waals surface area contributed by atoms with Crippen LogP contribution in [0, 0.1) is 3.57 Å². The van der Waals surface area contributed by atoms with Gasteiger partial charge in [0.25, 0.3) is 0 Å². The number of phenols is 1. The minimum atomic E-state index is 0.193. The van der Waals surface area contributed by atoms with Crippen molar-refractivity contribution in [1.29, 1.82) is 0 Å². The first kappa shape index (κ1) is 13.0. The topological polar surface area (TPSA) is 41.5 Å². The SMILES string of the molecule is COc1cccc(CNc2ccccc2I)c1O. The number of benzene rings is 2. The van der Waals surface area contributed by atoms with Gasteiger partial charge in [0, 0.05) is 21.4 Å². The summed E-state index contributed by atoms with van der Waals surface area (Å²) in [5.74, 6) is 0.690. The number of rotatable bonds is 4. The molecule has 0 bridgehead atoms. The number of anilines is 1. The third kappa shape index (κ3) is 2.87.